The van der Waals surface area contributed by atoms with E-state index in [4.69, 9.17) is 0 Å². The van der Waals surface area contributed by atoms with Crippen LogP contribution in [0.4, 0.5) is 0 Å². The third-order valence-corrected chi connectivity index (χ3v) is 3.28. The van der Waals surface area contributed by atoms with E-state index in [1.54, 1.807) is 6.20 Å². The van der Waals surface area contributed by atoms with Crippen LogP contribution in [0.25, 0.3) is 11.6 Å². The molecule has 1 aliphatic carbocycles. The van der Waals surface area contributed by atoms with E-state index in [1.165, 1.54) is 0 Å². The maximum atomic E-state index is 12.0. The summed E-state index contributed by atoms with van der Waals surface area (Å²) >= 11 is 0. The molecule has 0 radical (unpaired) electrons. The van der Waals surface area contributed by atoms with Gasteiger partial charge >= 0.3 is 0 Å². The highest BCUT2D eigenvalue weighted by Gasteiger charge is 2.30. The largest absolute Gasteiger partial charge is 0.278 e. The number of fused-ring (bicyclic) bond motifs is 5. The molecule has 1 aliphatic heterocycles. The van der Waals surface area contributed by atoms with Gasteiger partial charge in [0, 0.05) is 22.9 Å². The zero-order chi connectivity index (χ0) is 12.1. The van der Waals surface area contributed by atoms with Crippen molar-refractivity contribution in [2.24, 2.45) is 4.99 Å². The summed E-state index contributed by atoms with van der Waals surface area (Å²) in [4.78, 5) is 20.5. The smallest absolute Gasteiger partial charge is 0.267 e. The van der Waals surface area contributed by atoms with E-state index in [-0.39, 0.29) is 5.91 Å². The van der Waals surface area contributed by atoms with Gasteiger partial charge in [0.25, 0.3) is 5.91 Å². The SMILES string of the molecule is O=C1N=C2C(=Cc3cccnc32)c2ccccc21. The molecule has 1 amide bonds. The Morgan fingerprint density at radius 1 is 0.944 bits per heavy atom. The first-order chi connectivity index (χ1) is 8.84. The van der Waals surface area contributed by atoms with E-state index in [0.717, 1.165) is 22.4 Å². The topological polar surface area (TPSA) is 42.3 Å². The molecule has 1 aromatic carbocycles. The van der Waals surface area contributed by atoms with Gasteiger partial charge in [-0.1, -0.05) is 24.3 Å². The fourth-order valence-electron chi connectivity index (χ4n) is 2.47. The number of carbonyl (C=O) groups excluding carboxylic acids is 1. The Balaban J connectivity index is 2.05. The Kier molecular flexibility index (Phi) is 1.70. The molecule has 0 saturated carbocycles. The number of nitrogens with zero attached hydrogens (tertiary/aromatic N) is 2. The molecule has 3 heteroatoms. The summed E-state index contributed by atoms with van der Waals surface area (Å²) in [5.41, 5.74) is 5.14. The van der Waals surface area contributed by atoms with Crippen LogP contribution in [0.3, 0.4) is 0 Å². The number of amides is 1. The summed E-state index contributed by atoms with van der Waals surface area (Å²) in [6.07, 6.45) is 3.77. The lowest BCUT2D eigenvalue weighted by atomic mass is 9.94. The second kappa shape index (κ2) is 3.23. The summed E-state index contributed by atoms with van der Waals surface area (Å²) in [5, 5.41) is 0. The van der Waals surface area contributed by atoms with Crippen molar-refractivity contribution >= 4 is 23.3 Å². The summed E-state index contributed by atoms with van der Waals surface area (Å²) < 4.78 is 0. The quantitative estimate of drug-likeness (QED) is 0.700. The summed E-state index contributed by atoms with van der Waals surface area (Å²) in [7, 11) is 0. The maximum Gasteiger partial charge on any atom is 0.278 e. The first kappa shape index (κ1) is 9.48. The molecule has 0 bridgehead atoms. The molecule has 0 unspecified atom stereocenters. The zero-order valence-corrected chi connectivity index (χ0v) is 9.42. The van der Waals surface area contributed by atoms with E-state index >= 15 is 0 Å². The normalized spacial score (nSPS) is 15.4. The molecule has 2 aliphatic rings. The van der Waals surface area contributed by atoms with E-state index in [1.807, 2.05) is 42.5 Å². The molecular weight excluding hydrogens is 224 g/mol. The fourth-order valence-corrected chi connectivity index (χ4v) is 2.47. The number of rotatable bonds is 0. The van der Waals surface area contributed by atoms with Crippen LogP contribution < -0.4 is 0 Å². The Morgan fingerprint density at radius 3 is 2.67 bits per heavy atom. The molecule has 0 spiro atoms. The third kappa shape index (κ3) is 1.10. The van der Waals surface area contributed by atoms with Gasteiger partial charge in [-0.2, -0.15) is 0 Å². The van der Waals surface area contributed by atoms with Crippen LogP contribution in [-0.2, 0) is 0 Å². The van der Waals surface area contributed by atoms with E-state index in [2.05, 4.69) is 9.98 Å². The Morgan fingerprint density at radius 2 is 1.78 bits per heavy atom. The highest BCUT2D eigenvalue weighted by Crippen LogP contribution is 2.35. The van der Waals surface area contributed by atoms with E-state index in [9.17, 15) is 4.79 Å². The second-order valence-electron chi connectivity index (χ2n) is 4.31. The summed E-state index contributed by atoms with van der Waals surface area (Å²) in [6.45, 7) is 0. The maximum absolute atomic E-state index is 12.0. The van der Waals surface area contributed by atoms with Crippen LogP contribution in [0.2, 0.25) is 0 Å². The minimum Gasteiger partial charge on any atom is -0.267 e. The molecule has 0 atom stereocenters. The average Bonchev–Trinajstić information content (AvgIpc) is 2.78. The van der Waals surface area contributed by atoms with Gasteiger partial charge in [-0.25, -0.2) is 4.99 Å². The van der Waals surface area contributed by atoms with Gasteiger partial charge in [0.05, 0.1) is 5.69 Å². The lowest BCUT2D eigenvalue weighted by molar-refractivity contribution is 0.100. The van der Waals surface area contributed by atoms with Crippen molar-refractivity contribution in [2.45, 2.75) is 0 Å². The molecule has 2 aromatic rings. The number of hydrogen-bond donors (Lipinski definition) is 0. The van der Waals surface area contributed by atoms with E-state index < -0.39 is 0 Å². The van der Waals surface area contributed by atoms with Crippen molar-refractivity contribution in [1.29, 1.82) is 0 Å². The van der Waals surface area contributed by atoms with Crippen LogP contribution >= 0.6 is 0 Å². The Labute approximate surface area is 104 Å². The number of aliphatic imine (C=N–C) groups is 1. The van der Waals surface area contributed by atoms with Crippen LogP contribution in [-0.4, -0.2) is 16.6 Å². The summed E-state index contributed by atoms with van der Waals surface area (Å²) in [5.74, 6) is -0.184. The third-order valence-electron chi connectivity index (χ3n) is 3.28. The number of carbonyl (C=O) groups is 1. The molecule has 3 nitrogen and oxygen atoms in total. The van der Waals surface area contributed by atoms with Gasteiger partial charge in [0.2, 0.25) is 0 Å². The monoisotopic (exact) mass is 232 g/mol. The van der Waals surface area contributed by atoms with Crippen LogP contribution in [0.5, 0.6) is 0 Å². The minimum absolute atomic E-state index is 0.184. The molecule has 0 N–H and O–H groups in total. The lowest BCUT2D eigenvalue weighted by Gasteiger charge is -2.14. The van der Waals surface area contributed by atoms with Crippen molar-refractivity contribution in [1.82, 2.24) is 4.98 Å². The summed E-state index contributed by atoms with van der Waals surface area (Å²) in [6, 6.07) is 11.4. The van der Waals surface area contributed by atoms with Crippen molar-refractivity contribution in [3.05, 3.63) is 65.0 Å². The number of pyridine rings is 1. The van der Waals surface area contributed by atoms with Crippen molar-refractivity contribution in [2.75, 3.05) is 0 Å². The molecule has 0 saturated heterocycles. The molecule has 84 valence electrons. The van der Waals surface area contributed by atoms with Crippen molar-refractivity contribution in [3.63, 3.8) is 0 Å². The number of aromatic nitrogens is 1. The number of benzene rings is 1. The molecule has 2 heterocycles. The molecular formula is C15H8N2O. The average molecular weight is 232 g/mol. The molecule has 0 fully saturated rings. The van der Waals surface area contributed by atoms with Crippen LogP contribution in [0.1, 0.15) is 27.2 Å². The predicted molar refractivity (Wildman–Crippen MR) is 69.4 cm³/mol. The fraction of sp³-hybridized carbons (Fsp3) is 0. The number of hydrogen-bond acceptors (Lipinski definition) is 2. The van der Waals surface area contributed by atoms with Crippen LogP contribution in [0, 0.1) is 0 Å². The highest BCUT2D eigenvalue weighted by atomic mass is 16.1. The second-order valence-corrected chi connectivity index (χ2v) is 4.31. The van der Waals surface area contributed by atoms with Crippen molar-refractivity contribution < 1.29 is 4.79 Å². The van der Waals surface area contributed by atoms with Crippen LogP contribution in [0.15, 0.2) is 47.6 Å². The molecule has 1 aromatic heterocycles. The first-order valence-electron chi connectivity index (χ1n) is 5.74. The zero-order valence-electron chi connectivity index (χ0n) is 9.42. The molecule has 4 rings (SSSR count). The van der Waals surface area contributed by atoms with Gasteiger partial charge in [0.15, 0.2) is 0 Å². The van der Waals surface area contributed by atoms with Gasteiger partial charge in [-0.3, -0.25) is 9.78 Å². The minimum atomic E-state index is -0.184. The van der Waals surface area contributed by atoms with E-state index in [0.29, 0.717) is 11.3 Å². The van der Waals surface area contributed by atoms with Gasteiger partial charge in [-0.05, 0) is 23.8 Å². The predicted octanol–water partition coefficient (Wildman–Crippen LogP) is 2.58. The van der Waals surface area contributed by atoms with Gasteiger partial charge < -0.3 is 0 Å². The van der Waals surface area contributed by atoms with Gasteiger partial charge in [-0.15, -0.1) is 0 Å². The first-order valence-corrected chi connectivity index (χ1v) is 5.74. The van der Waals surface area contributed by atoms with Crippen molar-refractivity contribution in [3.8, 4) is 0 Å². The highest BCUT2D eigenvalue weighted by molar-refractivity contribution is 6.43. The van der Waals surface area contributed by atoms with Gasteiger partial charge in [0.1, 0.15) is 5.71 Å². The molecule has 18 heavy (non-hydrogen) atoms. The lowest BCUT2D eigenvalue weighted by Crippen LogP contribution is -2.14. The standard InChI is InChI=1S/C15H8N2O/c18-15-11-6-2-1-5-10(11)12-8-9-4-3-7-16-13(9)14(12)17-15/h1-8H. The Hall–Kier alpha value is -2.55. The Bertz CT molecular complexity index is 757. The number of allylic oxidation sites excluding steroid dienone is 1.